The third-order valence-corrected chi connectivity index (χ3v) is 3.96. The molecule has 0 saturated heterocycles. The Kier molecular flexibility index (Phi) is 7.13. The molecule has 120 valence electrons. The quantitative estimate of drug-likeness (QED) is 0.564. The van der Waals surface area contributed by atoms with E-state index < -0.39 is 0 Å². The maximum atomic E-state index is 11.9. The first-order valence-corrected chi connectivity index (χ1v) is 8.39. The number of aromatic nitrogens is 3. The van der Waals surface area contributed by atoms with E-state index in [1.165, 1.54) is 11.3 Å². The molecule has 0 fully saturated rings. The number of anilines is 1. The van der Waals surface area contributed by atoms with Crippen LogP contribution in [0.3, 0.4) is 0 Å². The Morgan fingerprint density at radius 2 is 2.22 bits per heavy atom. The number of pyridine rings is 1. The van der Waals surface area contributed by atoms with Gasteiger partial charge in [0.2, 0.25) is 11.0 Å². The number of nitrogens with zero attached hydrogens (tertiary/aromatic N) is 3. The van der Waals surface area contributed by atoms with Gasteiger partial charge in [0, 0.05) is 18.3 Å². The Morgan fingerprint density at radius 1 is 1.30 bits per heavy atom. The topological polar surface area (TPSA) is 67.8 Å². The minimum absolute atomic E-state index is 0.124. The van der Waals surface area contributed by atoms with Gasteiger partial charge < -0.3 is 5.32 Å². The molecule has 0 unspecified atom stereocenters. The van der Waals surface area contributed by atoms with Gasteiger partial charge in [0.25, 0.3) is 0 Å². The first-order chi connectivity index (χ1) is 11.3. The molecule has 0 aliphatic heterocycles. The van der Waals surface area contributed by atoms with Gasteiger partial charge in [0.05, 0.1) is 6.42 Å². The predicted octanol–water partition coefficient (Wildman–Crippen LogP) is 3.57. The number of nitrogens with one attached hydrogen (secondary N) is 1. The van der Waals surface area contributed by atoms with E-state index in [4.69, 9.17) is 0 Å². The Morgan fingerprint density at radius 3 is 3.00 bits per heavy atom. The second-order valence-corrected chi connectivity index (χ2v) is 6.02. The van der Waals surface area contributed by atoms with E-state index in [-0.39, 0.29) is 12.3 Å². The lowest BCUT2D eigenvalue weighted by atomic mass is 10.2. The Bertz CT molecular complexity index is 652. The summed E-state index contributed by atoms with van der Waals surface area (Å²) in [6.07, 6.45) is 11.8. The Hall–Kier alpha value is -2.34. The van der Waals surface area contributed by atoms with Gasteiger partial charge in [0.15, 0.2) is 0 Å². The first kappa shape index (κ1) is 17.0. The van der Waals surface area contributed by atoms with Crippen LogP contribution in [0.2, 0.25) is 0 Å². The lowest BCUT2D eigenvalue weighted by Crippen LogP contribution is -2.14. The molecule has 0 bridgehead atoms. The summed E-state index contributed by atoms with van der Waals surface area (Å²) in [4.78, 5) is 16.1. The molecule has 0 aromatic carbocycles. The van der Waals surface area contributed by atoms with Gasteiger partial charge in [-0.25, -0.2) is 0 Å². The van der Waals surface area contributed by atoms with Crippen LogP contribution in [0.1, 0.15) is 30.0 Å². The molecule has 2 heterocycles. The van der Waals surface area contributed by atoms with Crippen molar-refractivity contribution in [3.05, 3.63) is 59.9 Å². The summed E-state index contributed by atoms with van der Waals surface area (Å²) >= 11 is 1.43. The molecule has 23 heavy (non-hydrogen) atoms. The summed E-state index contributed by atoms with van der Waals surface area (Å²) in [5.74, 6) is -0.124. The van der Waals surface area contributed by atoms with E-state index >= 15 is 0 Å². The van der Waals surface area contributed by atoms with Crippen LogP contribution < -0.4 is 5.32 Å². The number of amides is 1. The summed E-state index contributed by atoms with van der Waals surface area (Å²) in [5, 5.41) is 12.4. The predicted molar refractivity (Wildman–Crippen MR) is 93.4 cm³/mol. The van der Waals surface area contributed by atoms with Gasteiger partial charge in [0.1, 0.15) is 5.01 Å². The van der Waals surface area contributed by atoms with Crippen LogP contribution in [-0.2, 0) is 17.6 Å². The smallest absolute Gasteiger partial charge is 0.232 e. The molecule has 0 atom stereocenters. The first-order valence-electron chi connectivity index (χ1n) is 7.57. The average molecular weight is 328 g/mol. The van der Waals surface area contributed by atoms with Gasteiger partial charge in [-0.3, -0.25) is 9.78 Å². The second kappa shape index (κ2) is 9.63. The molecule has 6 heteroatoms. The van der Waals surface area contributed by atoms with E-state index in [9.17, 15) is 4.79 Å². The van der Waals surface area contributed by atoms with Crippen LogP contribution in [-0.4, -0.2) is 21.1 Å². The highest BCUT2D eigenvalue weighted by molar-refractivity contribution is 7.15. The van der Waals surface area contributed by atoms with Crippen molar-refractivity contribution >= 4 is 22.4 Å². The number of carbonyl (C=O) groups is 1. The summed E-state index contributed by atoms with van der Waals surface area (Å²) < 4.78 is 0. The number of aryl methyl sites for hydroxylation is 1. The van der Waals surface area contributed by atoms with Crippen LogP contribution in [0.15, 0.2) is 49.2 Å². The summed E-state index contributed by atoms with van der Waals surface area (Å²) in [6.45, 7) is 3.64. The number of hydrogen-bond donors (Lipinski definition) is 1. The largest absolute Gasteiger partial charge is 0.300 e. The molecule has 1 N–H and O–H groups in total. The van der Waals surface area contributed by atoms with E-state index in [0.717, 1.165) is 36.4 Å². The SMILES string of the molecule is C=C/C=C/CCCCc1nnc(NC(=O)Cc2ccccn2)s1. The fourth-order valence-electron chi connectivity index (χ4n) is 1.97. The van der Waals surface area contributed by atoms with Crippen molar-refractivity contribution < 1.29 is 4.79 Å². The van der Waals surface area contributed by atoms with E-state index in [1.54, 1.807) is 12.3 Å². The van der Waals surface area contributed by atoms with Gasteiger partial charge in [-0.2, -0.15) is 0 Å². The molecular formula is C17H20N4OS. The maximum Gasteiger partial charge on any atom is 0.232 e. The fourth-order valence-corrected chi connectivity index (χ4v) is 2.76. The monoisotopic (exact) mass is 328 g/mol. The lowest BCUT2D eigenvalue weighted by molar-refractivity contribution is -0.115. The van der Waals surface area contributed by atoms with Gasteiger partial charge >= 0.3 is 0 Å². The van der Waals surface area contributed by atoms with Crippen LogP contribution in [0.5, 0.6) is 0 Å². The molecule has 0 aliphatic rings. The molecule has 2 rings (SSSR count). The van der Waals surface area contributed by atoms with Gasteiger partial charge in [-0.1, -0.05) is 42.2 Å². The molecule has 2 aromatic rings. The minimum atomic E-state index is -0.124. The number of rotatable bonds is 9. The van der Waals surface area contributed by atoms with E-state index in [2.05, 4.69) is 33.2 Å². The highest BCUT2D eigenvalue weighted by Gasteiger charge is 2.09. The Balaban J connectivity index is 1.72. The highest BCUT2D eigenvalue weighted by atomic mass is 32.1. The average Bonchev–Trinajstić information content (AvgIpc) is 2.99. The van der Waals surface area contributed by atoms with Crippen LogP contribution in [0.25, 0.3) is 0 Å². The van der Waals surface area contributed by atoms with Gasteiger partial charge in [-0.05, 0) is 31.4 Å². The molecule has 0 spiro atoms. The van der Waals surface area contributed by atoms with Crippen LogP contribution in [0.4, 0.5) is 5.13 Å². The third kappa shape index (κ3) is 6.52. The summed E-state index contributed by atoms with van der Waals surface area (Å²) in [7, 11) is 0. The minimum Gasteiger partial charge on any atom is -0.300 e. The van der Waals surface area contributed by atoms with Crippen LogP contribution in [0, 0.1) is 0 Å². The third-order valence-electron chi connectivity index (χ3n) is 3.06. The lowest BCUT2D eigenvalue weighted by Gasteiger charge is -2.00. The summed E-state index contributed by atoms with van der Waals surface area (Å²) in [6, 6.07) is 5.51. The zero-order chi connectivity index (χ0) is 16.3. The van der Waals surface area contributed by atoms with E-state index in [0.29, 0.717) is 5.13 Å². The number of unbranched alkanes of at least 4 members (excludes halogenated alkanes) is 2. The van der Waals surface area contributed by atoms with Crippen molar-refractivity contribution in [2.75, 3.05) is 5.32 Å². The number of hydrogen-bond acceptors (Lipinski definition) is 5. The van der Waals surface area contributed by atoms with Crippen molar-refractivity contribution in [1.82, 2.24) is 15.2 Å². The molecule has 0 aliphatic carbocycles. The van der Waals surface area contributed by atoms with Crippen molar-refractivity contribution in [3.8, 4) is 0 Å². The number of allylic oxidation sites excluding steroid dienone is 3. The normalized spacial score (nSPS) is 10.8. The zero-order valence-electron chi connectivity index (χ0n) is 12.9. The van der Waals surface area contributed by atoms with Crippen molar-refractivity contribution in [2.24, 2.45) is 0 Å². The standard InChI is InChI=1S/C17H20N4OS/c1-2-3-4-5-6-7-11-16-20-21-17(23-16)19-15(22)13-14-10-8-9-12-18-14/h2-4,8-10,12H,1,5-7,11,13H2,(H,19,21,22)/b4-3+. The van der Waals surface area contributed by atoms with Gasteiger partial charge in [-0.15, -0.1) is 10.2 Å². The van der Waals surface area contributed by atoms with Crippen molar-refractivity contribution in [2.45, 2.75) is 32.1 Å². The molecule has 0 radical (unpaired) electrons. The molecule has 0 saturated carbocycles. The zero-order valence-corrected chi connectivity index (χ0v) is 13.8. The second-order valence-electron chi connectivity index (χ2n) is 4.96. The summed E-state index contributed by atoms with van der Waals surface area (Å²) in [5.41, 5.74) is 0.738. The number of carbonyl (C=O) groups excluding carboxylic acids is 1. The van der Waals surface area contributed by atoms with Crippen molar-refractivity contribution in [3.63, 3.8) is 0 Å². The van der Waals surface area contributed by atoms with E-state index in [1.807, 2.05) is 24.3 Å². The molecular weight excluding hydrogens is 308 g/mol. The Labute approximate surface area is 140 Å². The molecule has 5 nitrogen and oxygen atoms in total. The molecule has 1 amide bonds. The van der Waals surface area contributed by atoms with Crippen molar-refractivity contribution in [1.29, 1.82) is 0 Å². The maximum absolute atomic E-state index is 11.9. The highest BCUT2D eigenvalue weighted by Crippen LogP contribution is 2.17. The van der Waals surface area contributed by atoms with Crippen LogP contribution >= 0.6 is 11.3 Å². The fraction of sp³-hybridized carbons (Fsp3) is 0.294. The molecule has 2 aromatic heterocycles.